The standard InChI is InChI=1S/C18H13BrFN3O2S/c19-12-3-1-11(2-4-12)18(24)21-17-15-9-26(25)10-16(15)22-23(17)14-7-5-13(20)6-8-14/h1-8H,9-10H2,(H,21,24). The molecule has 1 aliphatic heterocycles. The SMILES string of the molecule is O=C(Nc1c2c(nn1-c1ccc(F)cc1)CS(=O)C2)c1ccc(Br)cc1. The van der Waals surface area contributed by atoms with Crippen molar-refractivity contribution in [2.75, 3.05) is 5.32 Å². The molecule has 1 N–H and O–H groups in total. The minimum Gasteiger partial charge on any atom is -0.306 e. The van der Waals surface area contributed by atoms with Crippen molar-refractivity contribution in [1.29, 1.82) is 0 Å². The number of hydrogen-bond donors (Lipinski definition) is 1. The third-order valence-electron chi connectivity index (χ3n) is 4.08. The highest BCUT2D eigenvalue weighted by Gasteiger charge is 2.28. The van der Waals surface area contributed by atoms with Crippen LogP contribution in [0.15, 0.2) is 53.0 Å². The third-order valence-corrected chi connectivity index (χ3v) is 5.81. The molecule has 0 bridgehead atoms. The van der Waals surface area contributed by atoms with Crippen LogP contribution in [0.25, 0.3) is 5.69 Å². The van der Waals surface area contributed by atoms with E-state index in [0.29, 0.717) is 34.3 Å². The summed E-state index contributed by atoms with van der Waals surface area (Å²) in [5, 5.41) is 7.36. The van der Waals surface area contributed by atoms with Crippen molar-refractivity contribution in [3.8, 4) is 5.69 Å². The van der Waals surface area contributed by atoms with E-state index in [1.165, 1.54) is 12.1 Å². The van der Waals surface area contributed by atoms with Gasteiger partial charge in [0.2, 0.25) is 0 Å². The molecule has 0 aliphatic carbocycles. The normalized spacial score (nSPS) is 15.7. The topological polar surface area (TPSA) is 64.0 Å². The average molecular weight is 434 g/mol. The molecule has 0 saturated carbocycles. The summed E-state index contributed by atoms with van der Waals surface area (Å²) in [5.74, 6) is 0.526. The molecule has 1 unspecified atom stereocenters. The molecule has 5 nitrogen and oxygen atoms in total. The summed E-state index contributed by atoms with van der Waals surface area (Å²) in [7, 11) is -1.02. The van der Waals surface area contributed by atoms with Crippen molar-refractivity contribution in [1.82, 2.24) is 9.78 Å². The van der Waals surface area contributed by atoms with Gasteiger partial charge in [-0.1, -0.05) is 15.9 Å². The summed E-state index contributed by atoms with van der Waals surface area (Å²) >= 11 is 3.34. The van der Waals surface area contributed by atoms with Crippen molar-refractivity contribution in [3.63, 3.8) is 0 Å². The van der Waals surface area contributed by atoms with Gasteiger partial charge in [0, 0.05) is 26.4 Å². The zero-order valence-corrected chi connectivity index (χ0v) is 15.8. The highest BCUT2D eigenvalue weighted by Crippen LogP contribution is 2.31. The van der Waals surface area contributed by atoms with Crippen LogP contribution in [0.2, 0.25) is 0 Å². The molecule has 26 heavy (non-hydrogen) atoms. The maximum Gasteiger partial charge on any atom is 0.256 e. The van der Waals surface area contributed by atoms with Crippen LogP contribution in [0, 0.1) is 5.82 Å². The molecule has 132 valence electrons. The first kappa shape index (κ1) is 17.1. The maximum atomic E-state index is 13.2. The summed E-state index contributed by atoms with van der Waals surface area (Å²) < 4.78 is 27.6. The fourth-order valence-electron chi connectivity index (χ4n) is 2.81. The molecule has 1 atom stereocenters. The Kier molecular flexibility index (Phi) is 4.46. The number of nitrogens with zero attached hydrogens (tertiary/aromatic N) is 2. The molecule has 1 aromatic heterocycles. The van der Waals surface area contributed by atoms with E-state index in [9.17, 15) is 13.4 Å². The quantitative estimate of drug-likeness (QED) is 0.683. The van der Waals surface area contributed by atoms with Crippen molar-refractivity contribution in [3.05, 3.63) is 75.6 Å². The van der Waals surface area contributed by atoms with Gasteiger partial charge in [-0.2, -0.15) is 5.10 Å². The largest absolute Gasteiger partial charge is 0.306 e. The Morgan fingerprint density at radius 2 is 1.81 bits per heavy atom. The summed E-state index contributed by atoms with van der Waals surface area (Å²) in [4.78, 5) is 12.6. The summed E-state index contributed by atoms with van der Waals surface area (Å²) in [6.45, 7) is 0. The van der Waals surface area contributed by atoms with Gasteiger partial charge in [-0.15, -0.1) is 0 Å². The van der Waals surface area contributed by atoms with Gasteiger partial charge in [0.1, 0.15) is 11.6 Å². The molecule has 4 rings (SSSR count). The van der Waals surface area contributed by atoms with Gasteiger partial charge < -0.3 is 5.32 Å². The molecule has 2 heterocycles. The van der Waals surface area contributed by atoms with E-state index in [1.807, 2.05) is 0 Å². The molecule has 1 amide bonds. The van der Waals surface area contributed by atoms with E-state index < -0.39 is 10.8 Å². The Balaban J connectivity index is 1.74. The van der Waals surface area contributed by atoms with E-state index in [1.54, 1.807) is 41.1 Å². The minimum absolute atomic E-state index is 0.291. The lowest BCUT2D eigenvalue weighted by atomic mass is 10.2. The number of carbonyl (C=O) groups excluding carboxylic acids is 1. The number of aromatic nitrogens is 2. The second kappa shape index (κ2) is 6.77. The smallest absolute Gasteiger partial charge is 0.256 e. The number of hydrogen-bond acceptors (Lipinski definition) is 3. The van der Waals surface area contributed by atoms with E-state index in [0.717, 1.165) is 10.0 Å². The Morgan fingerprint density at radius 1 is 1.12 bits per heavy atom. The van der Waals surface area contributed by atoms with Crippen LogP contribution in [0.3, 0.4) is 0 Å². The predicted octanol–water partition coefficient (Wildman–Crippen LogP) is 3.79. The number of benzene rings is 2. The van der Waals surface area contributed by atoms with Gasteiger partial charge in [0.15, 0.2) is 0 Å². The molecule has 0 saturated heterocycles. The molecule has 3 aromatic rings. The van der Waals surface area contributed by atoms with Crippen LogP contribution in [-0.4, -0.2) is 19.9 Å². The van der Waals surface area contributed by atoms with Crippen LogP contribution < -0.4 is 5.32 Å². The van der Waals surface area contributed by atoms with Gasteiger partial charge in [-0.3, -0.25) is 9.00 Å². The van der Waals surface area contributed by atoms with Crippen LogP contribution >= 0.6 is 15.9 Å². The zero-order chi connectivity index (χ0) is 18.3. The summed E-state index contributed by atoms with van der Waals surface area (Å²) in [6, 6.07) is 12.8. The fourth-order valence-corrected chi connectivity index (χ4v) is 4.33. The molecule has 1 aliphatic rings. The Morgan fingerprint density at radius 3 is 2.50 bits per heavy atom. The number of anilines is 1. The second-order valence-corrected chi connectivity index (χ2v) is 8.22. The fraction of sp³-hybridized carbons (Fsp3) is 0.111. The van der Waals surface area contributed by atoms with Gasteiger partial charge in [0.25, 0.3) is 5.91 Å². The molecular formula is C18H13BrFN3O2S. The number of carbonyl (C=O) groups is 1. The Labute approximate surface area is 159 Å². The number of nitrogens with one attached hydrogen (secondary N) is 1. The summed E-state index contributed by atoms with van der Waals surface area (Å²) in [5.41, 5.74) is 2.57. The first-order valence-electron chi connectivity index (χ1n) is 7.80. The van der Waals surface area contributed by atoms with Crippen molar-refractivity contribution in [2.45, 2.75) is 11.5 Å². The lowest BCUT2D eigenvalue weighted by Gasteiger charge is -2.11. The first-order chi connectivity index (χ1) is 12.5. The first-order valence-corrected chi connectivity index (χ1v) is 10.1. The highest BCUT2D eigenvalue weighted by atomic mass is 79.9. The Hall–Kier alpha value is -2.32. The van der Waals surface area contributed by atoms with Crippen molar-refractivity contribution in [2.24, 2.45) is 0 Å². The van der Waals surface area contributed by atoms with Crippen LogP contribution in [0.1, 0.15) is 21.6 Å². The minimum atomic E-state index is -1.02. The van der Waals surface area contributed by atoms with E-state index >= 15 is 0 Å². The van der Waals surface area contributed by atoms with Crippen molar-refractivity contribution >= 4 is 38.5 Å². The van der Waals surface area contributed by atoms with Crippen LogP contribution in [-0.2, 0) is 22.3 Å². The molecule has 0 fully saturated rings. The van der Waals surface area contributed by atoms with E-state index in [-0.39, 0.29) is 11.7 Å². The average Bonchev–Trinajstić information content (AvgIpc) is 3.13. The lowest BCUT2D eigenvalue weighted by molar-refractivity contribution is 0.102. The highest BCUT2D eigenvalue weighted by molar-refractivity contribution is 9.10. The van der Waals surface area contributed by atoms with E-state index in [2.05, 4.69) is 26.3 Å². The lowest BCUT2D eigenvalue weighted by Crippen LogP contribution is -2.16. The van der Waals surface area contributed by atoms with E-state index in [4.69, 9.17) is 0 Å². The molecule has 2 aromatic carbocycles. The van der Waals surface area contributed by atoms with Gasteiger partial charge in [0.05, 0.1) is 22.9 Å². The van der Waals surface area contributed by atoms with Gasteiger partial charge >= 0.3 is 0 Å². The van der Waals surface area contributed by atoms with Gasteiger partial charge in [-0.25, -0.2) is 9.07 Å². The predicted molar refractivity (Wildman–Crippen MR) is 101 cm³/mol. The van der Waals surface area contributed by atoms with Gasteiger partial charge in [-0.05, 0) is 48.5 Å². The van der Waals surface area contributed by atoms with Crippen molar-refractivity contribution < 1.29 is 13.4 Å². The number of halogens is 2. The third kappa shape index (κ3) is 3.22. The number of amides is 1. The monoisotopic (exact) mass is 433 g/mol. The Bertz CT molecular complexity index is 1020. The molecular weight excluding hydrogens is 421 g/mol. The molecule has 0 spiro atoms. The molecule has 8 heteroatoms. The summed E-state index contributed by atoms with van der Waals surface area (Å²) in [6.07, 6.45) is 0. The number of fused-ring (bicyclic) bond motifs is 1. The zero-order valence-electron chi connectivity index (χ0n) is 13.4. The van der Waals surface area contributed by atoms with Crippen LogP contribution in [0.5, 0.6) is 0 Å². The molecule has 0 radical (unpaired) electrons. The number of rotatable bonds is 3. The maximum absolute atomic E-state index is 13.2. The van der Waals surface area contributed by atoms with Crippen LogP contribution in [0.4, 0.5) is 10.2 Å². The second-order valence-electron chi connectivity index (χ2n) is 5.85.